The van der Waals surface area contributed by atoms with Gasteiger partial charge in [0, 0.05) is 11.0 Å². The summed E-state index contributed by atoms with van der Waals surface area (Å²) in [6.45, 7) is 4.42. The minimum Gasteiger partial charge on any atom is -0.316 e. The fourth-order valence-corrected chi connectivity index (χ4v) is 2.20. The molecule has 0 bridgehead atoms. The molecule has 1 saturated heterocycles. The van der Waals surface area contributed by atoms with Gasteiger partial charge in [-0.1, -0.05) is 28.1 Å². The second-order valence-electron chi connectivity index (χ2n) is 3.70. The minimum absolute atomic E-state index is 0.719. The summed E-state index contributed by atoms with van der Waals surface area (Å²) in [5, 5.41) is 3.39. The molecular weight excluding hydrogens is 226 g/mol. The molecule has 1 aromatic rings. The molecule has 1 aliphatic heterocycles. The van der Waals surface area contributed by atoms with Crippen molar-refractivity contribution in [3.63, 3.8) is 0 Å². The van der Waals surface area contributed by atoms with E-state index in [2.05, 4.69) is 46.4 Å². The smallest absolute Gasteiger partial charge is 0.0207 e. The lowest BCUT2D eigenvalue weighted by atomic mass is 9.98. The van der Waals surface area contributed by atoms with Crippen LogP contribution in [-0.2, 0) is 0 Å². The molecule has 1 atom stereocenters. The summed E-state index contributed by atoms with van der Waals surface area (Å²) in [5.41, 5.74) is 2.78. The molecule has 1 unspecified atom stereocenters. The molecule has 0 aliphatic carbocycles. The van der Waals surface area contributed by atoms with Gasteiger partial charge in [0.2, 0.25) is 0 Å². The summed E-state index contributed by atoms with van der Waals surface area (Å²) in [6, 6.07) is 6.70. The molecule has 70 valence electrons. The Kier molecular flexibility index (Phi) is 2.70. The van der Waals surface area contributed by atoms with E-state index in [1.54, 1.807) is 0 Å². The molecule has 2 rings (SSSR count). The van der Waals surface area contributed by atoms with Gasteiger partial charge in [-0.15, -0.1) is 0 Å². The van der Waals surface area contributed by atoms with Crippen LogP contribution in [0, 0.1) is 6.92 Å². The molecule has 0 spiro atoms. The van der Waals surface area contributed by atoms with Gasteiger partial charge in [-0.2, -0.15) is 0 Å². The van der Waals surface area contributed by atoms with Crippen LogP contribution in [0.3, 0.4) is 0 Å². The summed E-state index contributed by atoms with van der Waals surface area (Å²) in [5.74, 6) is 0.719. The number of aryl methyl sites for hydroxylation is 1. The normalized spacial score (nSPS) is 22.2. The van der Waals surface area contributed by atoms with E-state index in [1.165, 1.54) is 22.0 Å². The quantitative estimate of drug-likeness (QED) is 0.795. The highest BCUT2D eigenvalue weighted by atomic mass is 79.9. The van der Waals surface area contributed by atoms with E-state index in [9.17, 15) is 0 Å². The van der Waals surface area contributed by atoms with E-state index in [0.29, 0.717) is 0 Å². The SMILES string of the molecule is Cc1ccc(C2CCNC2)cc1Br. The van der Waals surface area contributed by atoms with Crippen LogP contribution in [0.4, 0.5) is 0 Å². The average molecular weight is 240 g/mol. The van der Waals surface area contributed by atoms with Crippen molar-refractivity contribution in [1.82, 2.24) is 5.32 Å². The highest BCUT2D eigenvalue weighted by Gasteiger charge is 2.16. The molecule has 0 aromatic heterocycles. The summed E-state index contributed by atoms with van der Waals surface area (Å²) in [6.07, 6.45) is 1.27. The number of nitrogens with one attached hydrogen (secondary N) is 1. The molecule has 1 heterocycles. The molecule has 2 heteroatoms. The molecular formula is C11H14BrN. The van der Waals surface area contributed by atoms with Gasteiger partial charge >= 0.3 is 0 Å². The lowest BCUT2D eigenvalue weighted by molar-refractivity contribution is 0.762. The van der Waals surface area contributed by atoms with Crippen LogP contribution < -0.4 is 5.32 Å². The Hall–Kier alpha value is -0.340. The number of benzene rings is 1. The Morgan fingerprint density at radius 3 is 2.92 bits per heavy atom. The molecule has 0 radical (unpaired) electrons. The molecule has 1 nitrogen and oxygen atoms in total. The van der Waals surface area contributed by atoms with Gasteiger partial charge in [0.25, 0.3) is 0 Å². The van der Waals surface area contributed by atoms with E-state index >= 15 is 0 Å². The largest absolute Gasteiger partial charge is 0.316 e. The fourth-order valence-electron chi connectivity index (χ4n) is 1.80. The first-order valence-corrected chi connectivity index (χ1v) is 5.53. The number of hydrogen-bond acceptors (Lipinski definition) is 1. The van der Waals surface area contributed by atoms with E-state index in [4.69, 9.17) is 0 Å². The highest BCUT2D eigenvalue weighted by Crippen LogP contribution is 2.26. The molecule has 1 fully saturated rings. The maximum atomic E-state index is 3.57. The summed E-state index contributed by atoms with van der Waals surface area (Å²) in [4.78, 5) is 0. The lowest BCUT2D eigenvalue weighted by Gasteiger charge is -2.09. The Bertz CT molecular complexity index is 303. The molecule has 0 amide bonds. The first kappa shape index (κ1) is 9.22. The highest BCUT2D eigenvalue weighted by molar-refractivity contribution is 9.10. The van der Waals surface area contributed by atoms with Crippen molar-refractivity contribution in [2.45, 2.75) is 19.3 Å². The van der Waals surface area contributed by atoms with Crippen molar-refractivity contribution in [2.75, 3.05) is 13.1 Å². The van der Waals surface area contributed by atoms with Crippen molar-refractivity contribution >= 4 is 15.9 Å². The molecule has 1 N–H and O–H groups in total. The van der Waals surface area contributed by atoms with Crippen LogP contribution in [0.5, 0.6) is 0 Å². The third-order valence-corrected chi connectivity index (χ3v) is 3.58. The van der Waals surface area contributed by atoms with Gasteiger partial charge < -0.3 is 5.32 Å². The Morgan fingerprint density at radius 2 is 2.31 bits per heavy atom. The van der Waals surface area contributed by atoms with Crippen molar-refractivity contribution in [3.8, 4) is 0 Å². The van der Waals surface area contributed by atoms with Crippen LogP contribution in [-0.4, -0.2) is 13.1 Å². The Labute approximate surface area is 87.7 Å². The molecule has 1 aromatic carbocycles. The minimum atomic E-state index is 0.719. The van der Waals surface area contributed by atoms with Gasteiger partial charge in [-0.3, -0.25) is 0 Å². The summed E-state index contributed by atoms with van der Waals surface area (Å²) < 4.78 is 1.23. The van der Waals surface area contributed by atoms with Gasteiger partial charge in [-0.05, 0) is 43.0 Å². The van der Waals surface area contributed by atoms with Crippen molar-refractivity contribution in [2.24, 2.45) is 0 Å². The maximum Gasteiger partial charge on any atom is 0.0207 e. The number of hydrogen-bond donors (Lipinski definition) is 1. The zero-order chi connectivity index (χ0) is 9.26. The number of halogens is 1. The predicted molar refractivity (Wildman–Crippen MR) is 59.1 cm³/mol. The Morgan fingerprint density at radius 1 is 1.46 bits per heavy atom. The zero-order valence-corrected chi connectivity index (χ0v) is 9.39. The van der Waals surface area contributed by atoms with Crippen molar-refractivity contribution in [3.05, 3.63) is 33.8 Å². The second kappa shape index (κ2) is 3.81. The van der Waals surface area contributed by atoms with Crippen molar-refractivity contribution < 1.29 is 0 Å². The first-order valence-electron chi connectivity index (χ1n) is 4.74. The summed E-state index contributed by atoms with van der Waals surface area (Å²) >= 11 is 3.57. The third kappa shape index (κ3) is 1.94. The van der Waals surface area contributed by atoms with Crippen LogP contribution in [0.1, 0.15) is 23.5 Å². The average Bonchev–Trinajstić information content (AvgIpc) is 2.62. The zero-order valence-electron chi connectivity index (χ0n) is 7.81. The van der Waals surface area contributed by atoms with Crippen LogP contribution >= 0.6 is 15.9 Å². The van der Waals surface area contributed by atoms with Gasteiger partial charge in [-0.25, -0.2) is 0 Å². The Balaban J connectivity index is 2.25. The number of rotatable bonds is 1. The van der Waals surface area contributed by atoms with Gasteiger partial charge in [0.05, 0.1) is 0 Å². The van der Waals surface area contributed by atoms with Crippen LogP contribution in [0.2, 0.25) is 0 Å². The van der Waals surface area contributed by atoms with Crippen LogP contribution in [0.15, 0.2) is 22.7 Å². The standard InChI is InChI=1S/C11H14BrN/c1-8-2-3-9(6-11(8)12)10-4-5-13-7-10/h2-3,6,10,13H,4-5,7H2,1H3. The van der Waals surface area contributed by atoms with E-state index < -0.39 is 0 Å². The molecule has 13 heavy (non-hydrogen) atoms. The second-order valence-corrected chi connectivity index (χ2v) is 4.55. The predicted octanol–water partition coefficient (Wildman–Crippen LogP) is 2.83. The van der Waals surface area contributed by atoms with E-state index in [0.717, 1.165) is 19.0 Å². The van der Waals surface area contributed by atoms with Crippen molar-refractivity contribution in [1.29, 1.82) is 0 Å². The lowest BCUT2D eigenvalue weighted by Crippen LogP contribution is -2.07. The molecule has 1 aliphatic rings. The maximum absolute atomic E-state index is 3.57. The van der Waals surface area contributed by atoms with Crippen LogP contribution in [0.25, 0.3) is 0 Å². The first-order chi connectivity index (χ1) is 6.27. The van der Waals surface area contributed by atoms with E-state index in [1.807, 2.05) is 0 Å². The van der Waals surface area contributed by atoms with E-state index in [-0.39, 0.29) is 0 Å². The third-order valence-electron chi connectivity index (χ3n) is 2.73. The molecule has 0 saturated carbocycles. The summed E-state index contributed by atoms with van der Waals surface area (Å²) in [7, 11) is 0. The van der Waals surface area contributed by atoms with Gasteiger partial charge in [0.15, 0.2) is 0 Å². The fraction of sp³-hybridized carbons (Fsp3) is 0.455. The van der Waals surface area contributed by atoms with Gasteiger partial charge in [0.1, 0.15) is 0 Å². The topological polar surface area (TPSA) is 12.0 Å². The monoisotopic (exact) mass is 239 g/mol.